The highest BCUT2D eigenvalue weighted by Crippen LogP contribution is 2.26. The van der Waals surface area contributed by atoms with Gasteiger partial charge < -0.3 is 5.21 Å². The third-order valence-electron chi connectivity index (χ3n) is 3.99. The van der Waals surface area contributed by atoms with Crippen molar-refractivity contribution in [2.75, 3.05) is 0 Å². The first kappa shape index (κ1) is 15.0. The van der Waals surface area contributed by atoms with Crippen LogP contribution in [0.3, 0.4) is 0 Å². The van der Waals surface area contributed by atoms with Gasteiger partial charge in [-0.25, -0.2) is 0 Å². The third-order valence-corrected chi connectivity index (χ3v) is 3.99. The molecule has 0 aromatic heterocycles. The zero-order chi connectivity index (χ0) is 15.9. The average molecular weight is 301 g/mol. The van der Waals surface area contributed by atoms with Crippen LogP contribution >= 0.6 is 0 Å². The Kier molecular flexibility index (Phi) is 4.85. The molecule has 0 saturated heterocycles. The van der Waals surface area contributed by atoms with Crippen LogP contribution < -0.4 is 0 Å². The van der Waals surface area contributed by atoms with Crippen molar-refractivity contribution in [1.82, 2.24) is 0 Å². The monoisotopic (exact) mass is 301 g/mol. The molecule has 0 fully saturated rings. The summed E-state index contributed by atoms with van der Waals surface area (Å²) in [5.41, 5.74) is 4.01. The van der Waals surface area contributed by atoms with E-state index in [4.69, 9.17) is 0 Å². The molecule has 0 aliphatic rings. The lowest BCUT2D eigenvalue weighted by atomic mass is 9.85. The Bertz CT molecular complexity index is 752. The molecule has 0 aliphatic heterocycles. The van der Waals surface area contributed by atoms with Crippen LogP contribution in [-0.2, 0) is 6.42 Å². The van der Waals surface area contributed by atoms with Crippen LogP contribution in [0.25, 0.3) is 0 Å². The second kappa shape index (κ2) is 7.41. The van der Waals surface area contributed by atoms with E-state index in [-0.39, 0.29) is 5.92 Å². The predicted molar refractivity (Wildman–Crippen MR) is 94.1 cm³/mol. The number of hydrogen-bond donors (Lipinski definition) is 1. The molecular weight excluding hydrogens is 282 g/mol. The summed E-state index contributed by atoms with van der Waals surface area (Å²) in [4.78, 5) is 0. The summed E-state index contributed by atoms with van der Waals surface area (Å²) >= 11 is 0. The van der Waals surface area contributed by atoms with Gasteiger partial charge in [-0.2, -0.15) is 0 Å². The average Bonchev–Trinajstić information content (AvgIpc) is 2.64. The van der Waals surface area contributed by atoms with Crippen LogP contribution in [0.1, 0.15) is 22.6 Å². The van der Waals surface area contributed by atoms with Gasteiger partial charge in [0, 0.05) is 5.92 Å². The van der Waals surface area contributed by atoms with E-state index >= 15 is 0 Å². The molecule has 114 valence electrons. The fourth-order valence-electron chi connectivity index (χ4n) is 2.85. The third kappa shape index (κ3) is 3.67. The van der Waals surface area contributed by atoms with E-state index in [0.29, 0.717) is 5.71 Å². The van der Waals surface area contributed by atoms with Crippen LogP contribution in [-0.4, -0.2) is 10.9 Å². The van der Waals surface area contributed by atoms with Gasteiger partial charge in [0.2, 0.25) is 0 Å². The zero-order valence-electron chi connectivity index (χ0n) is 12.8. The summed E-state index contributed by atoms with van der Waals surface area (Å²) in [6, 6.07) is 30.4. The number of benzene rings is 3. The molecule has 1 atom stereocenters. The second-order valence-electron chi connectivity index (χ2n) is 5.50. The van der Waals surface area contributed by atoms with Gasteiger partial charge in [-0.05, 0) is 23.1 Å². The first-order valence-electron chi connectivity index (χ1n) is 7.74. The molecule has 0 aliphatic carbocycles. The van der Waals surface area contributed by atoms with Gasteiger partial charge in [0.05, 0.1) is 5.71 Å². The highest BCUT2D eigenvalue weighted by Gasteiger charge is 2.21. The minimum absolute atomic E-state index is 0.00556. The van der Waals surface area contributed by atoms with E-state index in [0.717, 1.165) is 17.5 Å². The van der Waals surface area contributed by atoms with Crippen LogP contribution in [0.5, 0.6) is 0 Å². The van der Waals surface area contributed by atoms with Crippen molar-refractivity contribution in [2.24, 2.45) is 5.16 Å². The van der Waals surface area contributed by atoms with Crippen molar-refractivity contribution >= 4 is 5.71 Å². The van der Waals surface area contributed by atoms with Gasteiger partial charge in [0.15, 0.2) is 0 Å². The zero-order valence-corrected chi connectivity index (χ0v) is 12.8. The van der Waals surface area contributed by atoms with Crippen molar-refractivity contribution < 1.29 is 5.21 Å². The Morgan fingerprint density at radius 3 is 1.83 bits per heavy atom. The molecular formula is C21H19NO. The summed E-state index contributed by atoms with van der Waals surface area (Å²) in [7, 11) is 0. The maximum absolute atomic E-state index is 9.68. The Balaban J connectivity index is 2.01. The molecule has 0 radical (unpaired) electrons. The lowest BCUT2D eigenvalue weighted by Crippen LogP contribution is -2.17. The number of rotatable bonds is 5. The Labute approximate surface area is 136 Å². The molecule has 1 N–H and O–H groups in total. The largest absolute Gasteiger partial charge is 0.411 e. The minimum atomic E-state index is 0.00556. The van der Waals surface area contributed by atoms with Crippen LogP contribution in [0, 0.1) is 0 Å². The van der Waals surface area contributed by atoms with Crippen molar-refractivity contribution in [3.05, 3.63) is 108 Å². The van der Waals surface area contributed by atoms with E-state index in [9.17, 15) is 5.21 Å². The van der Waals surface area contributed by atoms with E-state index < -0.39 is 0 Å². The minimum Gasteiger partial charge on any atom is -0.411 e. The first-order valence-corrected chi connectivity index (χ1v) is 7.74. The molecule has 1 unspecified atom stereocenters. The van der Waals surface area contributed by atoms with Crippen molar-refractivity contribution in [1.29, 1.82) is 0 Å². The fourth-order valence-corrected chi connectivity index (χ4v) is 2.85. The summed E-state index contributed by atoms with van der Waals surface area (Å²) in [6.45, 7) is 0. The maximum atomic E-state index is 9.68. The van der Waals surface area contributed by atoms with Crippen molar-refractivity contribution in [3.63, 3.8) is 0 Å². The van der Waals surface area contributed by atoms with Crippen molar-refractivity contribution in [3.8, 4) is 0 Å². The number of oxime groups is 1. The molecule has 3 aromatic carbocycles. The van der Waals surface area contributed by atoms with Gasteiger partial charge in [0.25, 0.3) is 0 Å². The second-order valence-corrected chi connectivity index (χ2v) is 5.50. The molecule has 23 heavy (non-hydrogen) atoms. The maximum Gasteiger partial charge on any atom is 0.0945 e. The SMILES string of the molecule is O/N=C(\c1ccccc1)C(Cc1ccccc1)c1ccccc1. The summed E-state index contributed by atoms with van der Waals surface area (Å²) in [5.74, 6) is 0.00556. The van der Waals surface area contributed by atoms with E-state index in [1.165, 1.54) is 5.56 Å². The number of hydrogen-bond acceptors (Lipinski definition) is 2. The van der Waals surface area contributed by atoms with Gasteiger partial charge in [-0.3, -0.25) is 0 Å². The standard InChI is InChI=1S/C21H19NO/c23-22-21(19-14-8-3-9-15-19)20(18-12-6-2-7-13-18)16-17-10-4-1-5-11-17/h1-15,20,23H,16H2/b22-21+. The highest BCUT2D eigenvalue weighted by molar-refractivity contribution is 6.05. The predicted octanol–water partition coefficient (Wildman–Crippen LogP) is 4.89. The van der Waals surface area contributed by atoms with Gasteiger partial charge in [0.1, 0.15) is 0 Å². The smallest absolute Gasteiger partial charge is 0.0945 e. The molecule has 0 saturated carbocycles. The van der Waals surface area contributed by atoms with E-state index in [1.54, 1.807) is 0 Å². The lowest BCUT2D eigenvalue weighted by molar-refractivity contribution is 0.317. The van der Waals surface area contributed by atoms with E-state index in [2.05, 4.69) is 29.4 Å². The fraction of sp³-hybridized carbons (Fsp3) is 0.0952. The highest BCUT2D eigenvalue weighted by atomic mass is 16.4. The summed E-state index contributed by atoms with van der Waals surface area (Å²) in [5, 5.41) is 13.3. The van der Waals surface area contributed by atoms with Crippen LogP contribution in [0.15, 0.2) is 96.2 Å². The lowest BCUT2D eigenvalue weighted by Gasteiger charge is -2.19. The first-order chi connectivity index (χ1) is 11.4. The molecule has 0 amide bonds. The van der Waals surface area contributed by atoms with E-state index in [1.807, 2.05) is 66.7 Å². The topological polar surface area (TPSA) is 32.6 Å². The van der Waals surface area contributed by atoms with Crippen molar-refractivity contribution in [2.45, 2.75) is 12.3 Å². The molecule has 2 heteroatoms. The molecule has 0 spiro atoms. The van der Waals surface area contributed by atoms with Crippen LogP contribution in [0.2, 0.25) is 0 Å². The summed E-state index contributed by atoms with van der Waals surface area (Å²) < 4.78 is 0. The van der Waals surface area contributed by atoms with Gasteiger partial charge in [-0.15, -0.1) is 0 Å². The Morgan fingerprint density at radius 2 is 1.26 bits per heavy atom. The molecule has 0 heterocycles. The molecule has 3 rings (SSSR count). The quantitative estimate of drug-likeness (QED) is 0.406. The Morgan fingerprint density at radius 1 is 0.739 bits per heavy atom. The molecule has 0 bridgehead atoms. The normalized spacial score (nSPS) is 12.8. The number of nitrogens with zero attached hydrogens (tertiary/aromatic N) is 1. The summed E-state index contributed by atoms with van der Waals surface area (Å²) in [6.07, 6.45) is 0.791. The van der Waals surface area contributed by atoms with Gasteiger partial charge in [-0.1, -0.05) is 96.2 Å². The van der Waals surface area contributed by atoms with Gasteiger partial charge >= 0.3 is 0 Å². The Hall–Kier alpha value is -2.87. The molecule has 3 aromatic rings. The van der Waals surface area contributed by atoms with Crippen LogP contribution in [0.4, 0.5) is 0 Å². The molecule has 2 nitrogen and oxygen atoms in total.